The Hall–Kier alpha value is -0.990. The van der Waals surface area contributed by atoms with Gasteiger partial charge in [-0.05, 0) is 93.2 Å². The van der Waals surface area contributed by atoms with Crippen molar-refractivity contribution < 1.29 is 13.2 Å². The van der Waals surface area contributed by atoms with Crippen LogP contribution in [0.4, 0.5) is 13.2 Å². The van der Waals surface area contributed by atoms with Gasteiger partial charge in [0.1, 0.15) is 11.6 Å². The normalized spacial score (nSPS) is 27.9. The molecule has 1 aromatic rings. The molecule has 1 aromatic carbocycles. The van der Waals surface area contributed by atoms with Gasteiger partial charge in [0.15, 0.2) is 0 Å². The molecular formula is C26H39F3. The average Bonchev–Trinajstić information content (AvgIpc) is 2.75. The summed E-state index contributed by atoms with van der Waals surface area (Å²) in [6.45, 7) is 1.35. The Labute approximate surface area is 175 Å². The van der Waals surface area contributed by atoms with Crippen LogP contribution in [0.25, 0.3) is 0 Å². The molecule has 0 N–H and O–H groups in total. The molecule has 2 saturated carbocycles. The Kier molecular flexibility index (Phi) is 8.93. The predicted molar refractivity (Wildman–Crippen MR) is 115 cm³/mol. The molecule has 0 heterocycles. The third-order valence-corrected chi connectivity index (χ3v) is 7.85. The van der Waals surface area contributed by atoms with E-state index in [9.17, 15) is 13.2 Å². The van der Waals surface area contributed by atoms with Gasteiger partial charge in [-0.25, -0.2) is 8.78 Å². The van der Waals surface area contributed by atoms with Gasteiger partial charge in [0.2, 0.25) is 0 Å². The fourth-order valence-electron chi connectivity index (χ4n) is 5.83. The molecular weight excluding hydrogens is 369 g/mol. The lowest BCUT2D eigenvalue weighted by Gasteiger charge is -2.38. The first-order valence-electron chi connectivity index (χ1n) is 12.1. The van der Waals surface area contributed by atoms with Gasteiger partial charge in [0.05, 0.1) is 6.67 Å². The summed E-state index contributed by atoms with van der Waals surface area (Å²) in [7, 11) is 0. The lowest BCUT2D eigenvalue weighted by molar-refractivity contribution is 0.155. The molecule has 0 amide bonds. The first-order valence-corrected chi connectivity index (χ1v) is 12.1. The van der Waals surface area contributed by atoms with Crippen LogP contribution in [0.1, 0.15) is 107 Å². The summed E-state index contributed by atoms with van der Waals surface area (Å²) in [5.41, 5.74) is 0.998. The summed E-state index contributed by atoms with van der Waals surface area (Å²) in [4.78, 5) is 0. The van der Waals surface area contributed by atoms with Crippen LogP contribution in [-0.4, -0.2) is 6.67 Å². The number of alkyl halides is 1. The van der Waals surface area contributed by atoms with Crippen molar-refractivity contribution in [2.45, 2.75) is 103 Å². The van der Waals surface area contributed by atoms with Gasteiger partial charge >= 0.3 is 0 Å². The largest absolute Gasteiger partial charge is 0.251 e. The maximum atomic E-state index is 13.9. The molecule has 164 valence electrons. The van der Waals surface area contributed by atoms with Crippen molar-refractivity contribution in [1.29, 1.82) is 0 Å². The van der Waals surface area contributed by atoms with Crippen LogP contribution in [-0.2, 0) is 0 Å². The van der Waals surface area contributed by atoms with Crippen molar-refractivity contribution in [3.8, 4) is 0 Å². The van der Waals surface area contributed by atoms with E-state index in [1.165, 1.54) is 71.1 Å². The molecule has 0 nitrogen and oxygen atoms in total. The van der Waals surface area contributed by atoms with Crippen LogP contribution < -0.4 is 0 Å². The summed E-state index contributed by atoms with van der Waals surface area (Å²) >= 11 is 0. The number of rotatable bonds is 9. The molecule has 0 aromatic heterocycles. The molecule has 0 saturated heterocycles. The summed E-state index contributed by atoms with van der Waals surface area (Å²) in [5.74, 6) is 2.11. The van der Waals surface area contributed by atoms with Crippen molar-refractivity contribution in [2.24, 2.45) is 17.8 Å². The monoisotopic (exact) mass is 408 g/mol. The summed E-state index contributed by atoms with van der Waals surface area (Å²) in [6.07, 6.45) is 17.0. The van der Waals surface area contributed by atoms with E-state index in [2.05, 4.69) is 0 Å². The molecule has 0 bridgehead atoms. The van der Waals surface area contributed by atoms with E-state index >= 15 is 0 Å². The first-order chi connectivity index (χ1) is 14.1. The van der Waals surface area contributed by atoms with Crippen LogP contribution in [0, 0.1) is 36.3 Å². The molecule has 3 heteroatoms. The zero-order valence-electron chi connectivity index (χ0n) is 18.2. The van der Waals surface area contributed by atoms with E-state index in [-0.39, 0.29) is 12.2 Å². The number of unbranched alkanes of at least 4 members (excludes halogenated alkanes) is 4. The van der Waals surface area contributed by atoms with Crippen molar-refractivity contribution in [1.82, 2.24) is 0 Å². The Morgan fingerprint density at radius 3 is 1.83 bits per heavy atom. The van der Waals surface area contributed by atoms with E-state index < -0.39 is 11.6 Å². The molecule has 0 spiro atoms. The van der Waals surface area contributed by atoms with Gasteiger partial charge < -0.3 is 0 Å². The average molecular weight is 409 g/mol. The molecule has 2 aliphatic carbocycles. The second kappa shape index (κ2) is 11.4. The first kappa shape index (κ1) is 22.7. The summed E-state index contributed by atoms with van der Waals surface area (Å²) < 4.78 is 39.9. The van der Waals surface area contributed by atoms with Crippen molar-refractivity contribution in [3.05, 3.63) is 34.9 Å². The van der Waals surface area contributed by atoms with Gasteiger partial charge in [-0.15, -0.1) is 0 Å². The molecule has 29 heavy (non-hydrogen) atoms. The minimum Gasteiger partial charge on any atom is -0.251 e. The summed E-state index contributed by atoms with van der Waals surface area (Å²) in [6, 6.07) is 3.12. The maximum absolute atomic E-state index is 13.9. The minimum absolute atomic E-state index is 0.138. The number of hydrogen-bond acceptors (Lipinski definition) is 0. The molecule has 2 fully saturated rings. The van der Waals surface area contributed by atoms with Crippen LogP contribution >= 0.6 is 0 Å². The Morgan fingerprint density at radius 1 is 0.724 bits per heavy atom. The van der Waals surface area contributed by atoms with Crippen LogP contribution in [0.3, 0.4) is 0 Å². The van der Waals surface area contributed by atoms with Crippen LogP contribution in [0.5, 0.6) is 0 Å². The SMILES string of the molecule is Cc1c(F)cc(C2CCC(C3CCC(CCCCCCCF)CC3)CC2)cc1F. The van der Waals surface area contributed by atoms with Crippen LogP contribution in [0.15, 0.2) is 12.1 Å². The third kappa shape index (κ3) is 6.49. The van der Waals surface area contributed by atoms with Gasteiger partial charge in [-0.1, -0.05) is 44.9 Å². The fraction of sp³-hybridized carbons (Fsp3) is 0.769. The molecule has 0 radical (unpaired) electrons. The van der Waals surface area contributed by atoms with E-state index in [0.717, 1.165) is 49.0 Å². The second-order valence-corrected chi connectivity index (χ2v) is 9.75. The smallest absolute Gasteiger partial charge is 0.129 e. The van der Waals surface area contributed by atoms with E-state index in [4.69, 9.17) is 0 Å². The zero-order valence-corrected chi connectivity index (χ0v) is 18.2. The van der Waals surface area contributed by atoms with E-state index in [1.807, 2.05) is 0 Å². The van der Waals surface area contributed by atoms with Gasteiger partial charge in [-0.3, -0.25) is 4.39 Å². The standard InChI is InChI=1S/C26H39F3/c1-19-25(28)17-24(18-26(19)29)23-14-12-22(13-15-23)21-10-8-20(9-11-21)7-5-3-2-4-6-16-27/h17-18,20-23H,2-16H2,1H3. The molecule has 3 rings (SSSR count). The van der Waals surface area contributed by atoms with Gasteiger partial charge in [0.25, 0.3) is 0 Å². The highest BCUT2D eigenvalue weighted by Gasteiger charge is 2.31. The lowest BCUT2D eigenvalue weighted by atomic mass is 9.68. The highest BCUT2D eigenvalue weighted by atomic mass is 19.1. The fourth-order valence-corrected chi connectivity index (χ4v) is 5.83. The highest BCUT2D eigenvalue weighted by molar-refractivity contribution is 5.28. The quantitative estimate of drug-likeness (QED) is 0.359. The van der Waals surface area contributed by atoms with Gasteiger partial charge in [-0.2, -0.15) is 0 Å². The van der Waals surface area contributed by atoms with Crippen molar-refractivity contribution in [3.63, 3.8) is 0 Å². The van der Waals surface area contributed by atoms with Gasteiger partial charge in [0, 0.05) is 5.56 Å². The Bertz CT molecular complexity index is 587. The van der Waals surface area contributed by atoms with Crippen molar-refractivity contribution >= 4 is 0 Å². The number of halogens is 3. The van der Waals surface area contributed by atoms with Crippen molar-refractivity contribution in [2.75, 3.05) is 6.67 Å². The number of hydrogen-bond donors (Lipinski definition) is 0. The Morgan fingerprint density at radius 2 is 1.24 bits per heavy atom. The molecule has 0 unspecified atom stereocenters. The highest BCUT2D eigenvalue weighted by Crippen LogP contribution is 2.44. The maximum Gasteiger partial charge on any atom is 0.129 e. The Balaban J connectivity index is 1.36. The zero-order chi connectivity index (χ0) is 20.6. The summed E-state index contributed by atoms with van der Waals surface area (Å²) in [5, 5.41) is 0. The number of benzene rings is 1. The molecule has 0 atom stereocenters. The molecule has 0 aliphatic heterocycles. The lowest BCUT2D eigenvalue weighted by Crippen LogP contribution is -2.25. The van der Waals surface area contributed by atoms with E-state index in [1.54, 1.807) is 12.1 Å². The third-order valence-electron chi connectivity index (χ3n) is 7.85. The van der Waals surface area contributed by atoms with Crippen LogP contribution in [0.2, 0.25) is 0 Å². The second-order valence-electron chi connectivity index (χ2n) is 9.75. The molecule has 2 aliphatic rings. The van der Waals surface area contributed by atoms with E-state index in [0.29, 0.717) is 5.92 Å². The predicted octanol–water partition coefficient (Wildman–Crippen LogP) is 8.66. The minimum atomic E-state index is -0.400. The topological polar surface area (TPSA) is 0 Å².